The molecule has 0 atom stereocenters. The Morgan fingerprint density at radius 1 is 1.13 bits per heavy atom. The van der Waals surface area contributed by atoms with Gasteiger partial charge in [-0.25, -0.2) is 9.97 Å². The third kappa shape index (κ3) is 4.31. The average molecular weight is 415 g/mol. The van der Waals surface area contributed by atoms with Gasteiger partial charge in [0.15, 0.2) is 0 Å². The van der Waals surface area contributed by atoms with Crippen molar-refractivity contribution in [2.24, 2.45) is 0 Å². The van der Waals surface area contributed by atoms with Gasteiger partial charge in [0.25, 0.3) is 0 Å². The maximum atomic E-state index is 11.9. The fourth-order valence-corrected chi connectivity index (χ4v) is 4.92. The van der Waals surface area contributed by atoms with Crippen LogP contribution in [0, 0.1) is 13.8 Å². The summed E-state index contributed by atoms with van der Waals surface area (Å²) in [4.78, 5) is 23.2. The van der Waals surface area contributed by atoms with Crippen LogP contribution in [-0.2, 0) is 9.53 Å². The number of aromatic nitrogens is 3. The first-order valence-corrected chi connectivity index (χ1v) is 11.3. The average Bonchev–Trinajstić information content (AvgIpc) is 3.30. The number of piperidine rings is 1. The molecule has 7 nitrogen and oxygen atoms in total. The largest absolute Gasteiger partial charge is 0.474 e. The molecule has 0 aromatic carbocycles. The van der Waals surface area contributed by atoms with Crippen LogP contribution >= 0.6 is 0 Å². The molecule has 0 N–H and O–H groups in total. The Hall–Kier alpha value is -2.15. The normalized spacial score (nSPS) is 19.1. The molecule has 1 aliphatic carbocycles. The van der Waals surface area contributed by atoms with Crippen LogP contribution in [0.4, 0.5) is 0 Å². The highest BCUT2D eigenvalue weighted by Gasteiger charge is 2.27. The molecule has 0 unspecified atom stereocenters. The van der Waals surface area contributed by atoms with E-state index in [1.807, 2.05) is 13.8 Å². The summed E-state index contributed by atoms with van der Waals surface area (Å²) in [5.41, 5.74) is 3.51. The summed E-state index contributed by atoms with van der Waals surface area (Å²) in [6, 6.07) is 0.540. The lowest BCUT2D eigenvalue weighted by molar-refractivity contribution is -0.149. The molecular formula is C23H34N4O3. The highest BCUT2D eigenvalue weighted by molar-refractivity contribution is 5.86. The predicted octanol–water partition coefficient (Wildman–Crippen LogP) is 3.96. The van der Waals surface area contributed by atoms with Crippen molar-refractivity contribution in [2.75, 3.05) is 19.6 Å². The highest BCUT2D eigenvalue weighted by atomic mass is 16.5. The molecule has 1 saturated heterocycles. The first kappa shape index (κ1) is 21.1. The van der Waals surface area contributed by atoms with E-state index in [4.69, 9.17) is 9.47 Å². The first-order chi connectivity index (χ1) is 14.4. The van der Waals surface area contributed by atoms with Crippen molar-refractivity contribution in [3.05, 3.63) is 17.6 Å². The van der Waals surface area contributed by atoms with Crippen molar-refractivity contribution in [3.8, 4) is 5.88 Å². The number of likely N-dealkylation sites (tertiary alicyclic amines) is 1. The Balaban J connectivity index is 1.45. The lowest BCUT2D eigenvalue weighted by atomic mass is 10.1. The molecule has 4 rings (SSSR count). The van der Waals surface area contributed by atoms with Crippen LogP contribution in [0.1, 0.15) is 69.7 Å². The zero-order valence-corrected chi connectivity index (χ0v) is 18.7. The van der Waals surface area contributed by atoms with E-state index in [1.165, 1.54) is 36.9 Å². The number of ether oxygens (including phenoxy) is 2. The van der Waals surface area contributed by atoms with E-state index in [2.05, 4.69) is 33.3 Å². The zero-order chi connectivity index (χ0) is 21.3. The second kappa shape index (κ2) is 8.92. The Morgan fingerprint density at radius 3 is 2.50 bits per heavy atom. The number of carbonyl (C=O) groups is 1. The molecule has 3 heterocycles. The van der Waals surface area contributed by atoms with Crippen molar-refractivity contribution < 1.29 is 14.3 Å². The van der Waals surface area contributed by atoms with Crippen LogP contribution in [-0.4, -0.2) is 57.2 Å². The molecule has 30 heavy (non-hydrogen) atoms. The highest BCUT2D eigenvalue weighted by Crippen LogP contribution is 2.38. The molecule has 2 aromatic heterocycles. The lowest BCUT2D eigenvalue weighted by Gasteiger charge is -2.31. The van der Waals surface area contributed by atoms with Gasteiger partial charge in [0, 0.05) is 24.8 Å². The van der Waals surface area contributed by atoms with Gasteiger partial charge in [-0.1, -0.05) is 12.8 Å². The topological polar surface area (TPSA) is 69.5 Å². The summed E-state index contributed by atoms with van der Waals surface area (Å²) in [5.74, 6) is 0.552. The van der Waals surface area contributed by atoms with Gasteiger partial charge in [-0.05, 0) is 58.9 Å². The summed E-state index contributed by atoms with van der Waals surface area (Å²) in [5, 5.41) is 1.06. The van der Waals surface area contributed by atoms with Gasteiger partial charge in [-0.15, -0.1) is 0 Å². The van der Waals surface area contributed by atoms with Crippen LogP contribution in [0.2, 0.25) is 0 Å². The molecule has 0 radical (unpaired) electrons. The Kier molecular flexibility index (Phi) is 6.27. The van der Waals surface area contributed by atoms with Gasteiger partial charge < -0.3 is 14.0 Å². The number of esters is 1. The van der Waals surface area contributed by atoms with E-state index in [0.29, 0.717) is 18.5 Å². The van der Waals surface area contributed by atoms with E-state index in [-0.39, 0.29) is 18.2 Å². The molecule has 2 fully saturated rings. The zero-order valence-electron chi connectivity index (χ0n) is 18.7. The molecule has 0 spiro atoms. The molecular weight excluding hydrogens is 380 g/mol. The van der Waals surface area contributed by atoms with E-state index in [1.54, 1.807) is 6.33 Å². The minimum absolute atomic E-state index is 0.0678. The fourth-order valence-electron chi connectivity index (χ4n) is 4.92. The molecule has 0 bridgehead atoms. The van der Waals surface area contributed by atoms with Crippen LogP contribution in [0.15, 0.2) is 6.33 Å². The number of rotatable bonds is 6. The fraction of sp³-hybridized carbons (Fsp3) is 0.696. The quantitative estimate of drug-likeness (QED) is 0.667. The van der Waals surface area contributed by atoms with Crippen molar-refractivity contribution in [3.63, 3.8) is 0 Å². The molecule has 2 aromatic rings. The number of carbonyl (C=O) groups excluding carboxylic acids is 1. The Labute approximate surface area is 178 Å². The number of aryl methyl sites for hydroxylation is 1. The van der Waals surface area contributed by atoms with Gasteiger partial charge in [-0.3, -0.25) is 9.69 Å². The molecule has 164 valence electrons. The summed E-state index contributed by atoms with van der Waals surface area (Å²) >= 11 is 0. The van der Waals surface area contributed by atoms with Crippen LogP contribution < -0.4 is 4.74 Å². The molecule has 0 amide bonds. The van der Waals surface area contributed by atoms with Gasteiger partial charge >= 0.3 is 5.97 Å². The SMILES string of the molecule is Cc1c(C)n(C2CCCC2)c2ncnc(OC3CCN(CC(=O)OC(C)C)CC3)c12. The Morgan fingerprint density at radius 2 is 1.83 bits per heavy atom. The molecule has 1 saturated carbocycles. The lowest BCUT2D eigenvalue weighted by Crippen LogP contribution is -2.41. The van der Waals surface area contributed by atoms with E-state index < -0.39 is 0 Å². The summed E-state index contributed by atoms with van der Waals surface area (Å²) < 4.78 is 14.1. The third-order valence-corrected chi connectivity index (χ3v) is 6.52. The van der Waals surface area contributed by atoms with Crippen LogP contribution in [0.3, 0.4) is 0 Å². The third-order valence-electron chi connectivity index (χ3n) is 6.52. The van der Waals surface area contributed by atoms with E-state index in [0.717, 1.165) is 37.0 Å². The van der Waals surface area contributed by atoms with Crippen LogP contribution in [0.5, 0.6) is 5.88 Å². The van der Waals surface area contributed by atoms with Crippen molar-refractivity contribution in [2.45, 2.75) is 84.5 Å². The number of hydrogen-bond donors (Lipinski definition) is 0. The van der Waals surface area contributed by atoms with Crippen molar-refractivity contribution in [1.82, 2.24) is 19.4 Å². The number of fused-ring (bicyclic) bond motifs is 1. The van der Waals surface area contributed by atoms with E-state index in [9.17, 15) is 4.79 Å². The maximum absolute atomic E-state index is 11.9. The summed E-state index contributed by atoms with van der Waals surface area (Å²) in [7, 11) is 0. The number of nitrogens with zero attached hydrogens (tertiary/aromatic N) is 4. The number of hydrogen-bond acceptors (Lipinski definition) is 6. The van der Waals surface area contributed by atoms with Crippen molar-refractivity contribution >= 4 is 17.0 Å². The van der Waals surface area contributed by atoms with Gasteiger partial charge in [0.05, 0.1) is 18.0 Å². The second-order valence-corrected chi connectivity index (χ2v) is 9.03. The minimum atomic E-state index is -0.152. The Bertz CT molecular complexity index is 893. The van der Waals surface area contributed by atoms with Crippen molar-refractivity contribution in [1.29, 1.82) is 0 Å². The standard InChI is InChI=1S/C23H34N4O3/c1-15(2)29-20(28)13-26-11-9-19(10-12-26)30-23-21-16(3)17(4)27(18-7-5-6-8-18)22(21)24-14-25-23/h14-15,18-19H,5-13H2,1-4H3. The summed E-state index contributed by atoms with van der Waals surface area (Å²) in [6.45, 7) is 10.1. The first-order valence-electron chi connectivity index (χ1n) is 11.3. The van der Waals surface area contributed by atoms with Gasteiger partial charge in [-0.2, -0.15) is 0 Å². The monoisotopic (exact) mass is 414 g/mol. The molecule has 1 aliphatic heterocycles. The van der Waals surface area contributed by atoms with E-state index >= 15 is 0 Å². The van der Waals surface area contributed by atoms with Gasteiger partial charge in [0.2, 0.25) is 5.88 Å². The predicted molar refractivity (Wildman–Crippen MR) is 116 cm³/mol. The van der Waals surface area contributed by atoms with Gasteiger partial charge in [0.1, 0.15) is 18.1 Å². The maximum Gasteiger partial charge on any atom is 0.320 e. The minimum Gasteiger partial charge on any atom is -0.474 e. The molecule has 7 heteroatoms. The smallest absolute Gasteiger partial charge is 0.320 e. The van der Waals surface area contributed by atoms with Crippen LogP contribution in [0.25, 0.3) is 11.0 Å². The second-order valence-electron chi connectivity index (χ2n) is 9.03. The molecule has 2 aliphatic rings. The summed E-state index contributed by atoms with van der Waals surface area (Å²) in [6.07, 6.45) is 8.46.